The van der Waals surface area contributed by atoms with E-state index in [2.05, 4.69) is 20.3 Å². The molecule has 0 N–H and O–H groups in total. The van der Waals surface area contributed by atoms with Crippen LogP contribution in [0.25, 0.3) is 11.5 Å². The van der Waals surface area contributed by atoms with Crippen LogP contribution in [0.1, 0.15) is 19.2 Å². The van der Waals surface area contributed by atoms with Crippen LogP contribution in [0, 0.1) is 0 Å². The zero-order chi connectivity index (χ0) is 13.0. The fraction of sp³-hybridized carbons (Fsp3) is 0.364. The van der Waals surface area contributed by atoms with Gasteiger partial charge in [-0.25, -0.2) is 0 Å². The molecule has 2 heterocycles. The lowest BCUT2D eigenvalue weighted by Gasteiger charge is -1.96. The summed E-state index contributed by atoms with van der Waals surface area (Å²) in [5.74, 6) is 1.26. The van der Waals surface area contributed by atoms with Crippen LogP contribution in [0.4, 0.5) is 0 Å². The molecular weight excluding hydrogens is 236 g/mol. The number of hydrogen-bond donors (Lipinski definition) is 0. The second-order valence-electron chi connectivity index (χ2n) is 3.67. The molecule has 0 atom stereocenters. The number of carbonyl (C=O) groups is 1. The second-order valence-corrected chi connectivity index (χ2v) is 3.67. The molecule has 0 radical (unpaired) electrons. The number of ether oxygens (including phenoxy) is 1. The number of methoxy groups -OCH3 is 1. The van der Waals surface area contributed by atoms with Crippen LogP contribution in [0.3, 0.4) is 0 Å². The number of rotatable bonds is 5. The Balaban J connectivity index is 2.10. The zero-order valence-corrected chi connectivity index (χ0v) is 10.1. The van der Waals surface area contributed by atoms with Crippen LogP contribution in [-0.2, 0) is 11.2 Å². The molecule has 94 valence electrons. The third-order valence-corrected chi connectivity index (χ3v) is 2.24. The lowest BCUT2D eigenvalue weighted by atomic mass is 10.2. The van der Waals surface area contributed by atoms with Crippen molar-refractivity contribution in [3.8, 4) is 17.4 Å². The molecule has 7 heteroatoms. The van der Waals surface area contributed by atoms with E-state index in [0.717, 1.165) is 0 Å². The van der Waals surface area contributed by atoms with E-state index in [0.29, 0.717) is 36.1 Å². The molecule has 0 aliphatic carbocycles. The second kappa shape index (κ2) is 5.35. The van der Waals surface area contributed by atoms with Crippen LogP contribution in [0.15, 0.2) is 16.7 Å². The van der Waals surface area contributed by atoms with Gasteiger partial charge in [0, 0.05) is 18.9 Å². The number of nitrogens with zero attached hydrogens (tertiary/aromatic N) is 4. The predicted molar refractivity (Wildman–Crippen MR) is 60.9 cm³/mol. The summed E-state index contributed by atoms with van der Waals surface area (Å²) < 4.78 is 9.91. The van der Waals surface area contributed by atoms with Crippen LogP contribution in [0.2, 0.25) is 0 Å². The lowest BCUT2D eigenvalue weighted by molar-refractivity contribution is -0.117. The molecule has 0 saturated carbocycles. The van der Waals surface area contributed by atoms with E-state index >= 15 is 0 Å². The summed E-state index contributed by atoms with van der Waals surface area (Å²) in [5.41, 5.74) is 0.494. The van der Waals surface area contributed by atoms with Crippen molar-refractivity contribution in [3.63, 3.8) is 0 Å². The summed E-state index contributed by atoms with van der Waals surface area (Å²) >= 11 is 0. The Morgan fingerprint density at radius 3 is 2.83 bits per heavy atom. The standard InChI is InChI=1S/C11H12N4O3/c1-7(16)3-5-9-12-11(15-18-9)8-4-6-10(17-2)14-13-8/h4,6H,3,5H2,1-2H3. The highest BCUT2D eigenvalue weighted by Gasteiger charge is 2.11. The molecule has 2 rings (SSSR count). The molecule has 2 aromatic rings. The topological polar surface area (TPSA) is 91.0 Å². The summed E-state index contributed by atoms with van der Waals surface area (Å²) in [6, 6.07) is 3.35. The fourth-order valence-electron chi connectivity index (χ4n) is 1.29. The van der Waals surface area contributed by atoms with Crippen molar-refractivity contribution in [2.45, 2.75) is 19.8 Å². The molecule has 0 aliphatic rings. The van der Waals surface area contributed by atoms with Crippen molar-refractivity contribution in [2.24, 2.45) is 0 Å². The summed E-state index contributed by atoms with van der Waals surface area (Å²) in [7, 11) is 1.51. The molecule has 7 nitrogen and oxygen atoms in total. The van der Waals surface area contributed by atoms with E-state index in [9.17, 15) is 4.79 Å². The van der Waals surface area contributed by atoms with E-state index in [4.69, 9.17) is 9.26 Å². The molecule has 0 amide bonds. The Morgan fingerprint density at radius 2 is 2.22 bits per heavy atom. The Labute approximate surface area is 103 Å². The predicted octanol–water partition coefficient (Wildman–Crippen LogP) is 1.06. The van der Waals surface area contributed by atoms with Gasteiger partial charge in [-0.15, -0.1) is 10.2 Å². The van der Waals surface area contributed by atoms with Crippen LogP contribution in [0.5, 0.6) is 5.88 Å². The van der Waals surface area contributed by atoms with Gasteiger partial charge < -0.3 is 14.1 Å². The number of Topliss-reactive ketones (excluding diaryl/α,β-unsaturated/α-hetero) is 1. The van der Waals surface area contributed by atoms with E-state index < -0.39 is 0 Å². The third kappa shape index (κ3) is 2.88. The molecule has 0 aromatic carbocycles. The summed E-state index contributed by atoms with van der Waals surface area (Å²) in [4.78, 5) is 15.0. The Kier molecular flexibility index (Phi) is 3.61. The van der Waals surface area contributed by atoms with Gasteiger partial charge in [-0.2, -0.15) is 4.98 Å². The minimum Gasteiger partial charge on any atom is -0.480 e. The average Bonchev–Trinajstić information content (AvgIpc) is 2.85. The third-order valence-electron chi connectivity index (χ3n) is 2.24. The molecular formula is C11H12N4O3. The van der Waals surface area contributed by atoms with Gasteiger partial charge in [0.2, 0.25) is 17.6 Å². The van der Waals surface area contributed by atoms with Crippen molar-refractivity contribution in [1.29, 1.82) is 0 Å². The van der Waals surface area contributed by atoms with Crippen molar-refractivity contribution in [2.75, 3.05) is 7.11 Å². The molecule has 18 heavy (non-hydrogen) atoms. The number of ketones is 1. The molecule has 0 bridgehead atoms. The van der Waals surface area contributed by atoms with Crippen molar-refractivity contribution in [3.05, 3.63) is 18.0 Å². The van der Waals surface area contributed by atoms with Gasteiger partial charge >= 0.3 is 0 Å². The maximum Gasteiger partial charge on any atom is 0.233 e. The summed E-state index contributed by atoms with van der Waals surface area (Å²) in [5, 5.41) is 11.5. The minimum atomic E-state index is 0.0824. The Hall–Kier alpha value is -2.31. The highest BCUT2D eigenvalue weighted by molar-refractivity contribution is 5.75. The largest absolute Gasteiger partial charge is 0.480 e. The quantitative estimate of drug-likeness (QED) is 0.781. The number of aryl methyl sites for hydroxylation is 1. The maximum atomic E-state index is 10.8. The van der Waals surface area contributed by atoms with Gasteiger partial charge in [-0.3, -0.25) is 0 Å². The van der Waals surface area contributed by atoms with Crippen LogP contribution < -0.4 is 4.74 Å². The van der Waals surface area contributed by atoms with E-state index in [1.807, 2.05) is 0 Å². The summed E-state index contributed by atoms with van der Waals surface area (Å²) in [6.45, 7) is 1.52. The molecule has 2 aromatic heterocycles. The number of aromatic nitrogens is 4. The highest BCUT2D eigenvalue weighted by Crippen LogP contribution is 2.14. The Morgan fingerprint density at radius 1 is 1.39 bits per heavy atom. The lowest BCUT2D eigenvalue weighted by Crippen LogP contribution is -1.95. The first-order valence-corrected chi connectivity index (χ1v) is 5.39. The SMILES string of the molecule is COc1ccc(-c2noc(CCC(C)=O)n2)nn1. The van der Waals surface area contributed by atoms with E-state index in [1.54, 1.807) is 12.1 Å². The zero-order valence-electron chi connectivity index (χ0n) is 10.1. The first-order valence-electron chi connectivity index (χ1n) is 5.39. The van der Waals surface area contributed by atoms with Gasteiger partial charge in [0.05, 0.1) is 7.11 Å². The number of hydrogen-bond acceptors (Lipinski definition) is 7. The first kappa shape index (κ1) is 12.2. The van der Waals surface area contributed by atoms with Gasteiger partial charge in [-0.05, 0) is 13.0 Å². The van der Waals surface area contributed by atoms with E-state index in [-0.39, 0.29) is 5.78 Å². The average molecular weight is 248 g/mol. The van der Waals surface area contributed by atoms with Crippen molar-refractivity contribution < 1.29 is 14.1 Å². The fourth-order valence-corrected chi connectivity index (χ4v) is 1.29. The smallest absolute Gasteiger partial charge is 0.233 e. The minimum absolute atomic E-state index is 0.0824. The molecule has 0 aliphatic heterocycles. The molecule has 0 unspecified atom stereocenters. The molecule has 0 fully saturated rings. The van der Waals surface area contributed by atoms with E-state index in [1.165, 1.54) is 14.0 Å². The monoisotopic (exact) mass is 248 g/mol. The van der Waals surface area contributed by atoms with Crippen molar-refractivity contribution >= 4 is 5.78 Å². The Bertz CT molecular complexity index is 535. The molecule has 0 saturated heterocycles. The van der Waals surface area contributed by atoms with Gasteiger partial charge in [0.1, 0.15) is 11.5 Å². The molecule has 0 spiro atoms. The van der Waals surface area contributed by atoms with Gasteiger partial charge in [-0.1, -0.05) is 5.16 Å². The van der Waals surface area contributed by atoms with Gasteiger partial charge in [0.25, 0.3) is 0 Å². The summed E-state index contributed by atoms with van der Waals surface area (Å²) in [6.07, 6.45) is 0.821. The van der Waals surface area contributed by atoms with Crippen LogP contribution >= 0.6 is 0 Å². The highest BCUT2D eigenvalue weighted by atomic mass is 16.5. The van der Waals surface area contributed by atoms with Crippen molar-refractivity contribution in [1.82, 2.24) is 20.3 Å². The van der Waals surface area contributed by atoms with Crippen LogP contribution in [-0.4, -0.2) is 33.2 Å². The normalized spacial score (nSPS) is 10.3. The first-order chi connectivity index (χ1) is 8.69. The number of carbonyl (C=O) groups excluding carboxylic acids is 1. The maximum absolute atomic E-state index is 10.8. The van der Waals surface area contributed by atoms with Gasteiger partial charge in [0.15, 0.2) is 0 Å².